The number of nitrogens with one attached hydrogen (secondary N) is 2. The van der Waals surface area contributed by atoms with Crippen molar-refractivity contribution in [1.82, 2.24) is 5.43 Å². The lowest BCUT2D eigenvalue weighted by atomic mass is 9.88. The smallest absolute Gasteiger partial charge is 0.104 e. The summed E-state index contributed by atoms with van der Waals surface area (Å²) in [5.41, 5.74) is 5.41. The molecule has 1 rings (SSSR count). The lowest BCUT2D eigenvalue weighted by Crippen LogP contribution is -2.22. The third kappa shape index (κ3) is 1.72. The Morgan fingerprint density at radius 1 is 1.67 bits per heavy atom. The van der Waals surface area contributed by atoms with Gasteiger partial charge in [0.15, 0.2) is 0 Å². The number of hydrogen-bond acceptors (Lipinski definition) is 3. The van der Waals surface area contributed by atoms with Gasteiger partial charge in [0.05, 0.1) is 5.71 Å². The van der Waals surface area contributed by atoms with Gasteiger partial charge in [-0.25, -0.2) is 0 Å². The van der Waals surface area contributed by atoms with Crippen LogP contribution >= 0.6 is 0 Å². The maximum Gasteiger partial charge on any atom is 0.104 e. The number of hydrogen-bond donors (Lipinski definition) is 2. The fourth-order valence-electron chi connectivity index (χ4n) is 1.24. The van der Waals surface area contributed by atoms with Gasteiger partial charge >= 0.3 is 0 Å². The minimum absolute atomic E-state index is 0.494. The topological polar surface area (TPSA) is 48.2 Å². The number of allylic oxidation sites excluding steroid dienone is 2. The zero-order chi connectivity index (χ0) is 9.14. The summed E-state index contributed by atoms with van der Waals surface area (Å²) in [5.74, 6) is 0.494. The van der Waals surface area contributed by atoms with Crippen molar-refractivity contribution in [3.05, 3.63) is 11.6 Å². The first-order chi connectivity index (χ1) is 5.65. The van der Waals surface area contributed by atoms with Crippen molar-refractivity contribution in [3.8, 4) is 0 Å². The molecule has 0 amide bonds. The highest BCUT2D eigenvalue weighted by Crippen LogP contribution is 2.19. The van der Waals surface area contributed by atoms with Gasteiger partial charge in [-0.15, -0.1) is 0 Å². The Morgan fingerprint density at radius 2 is 2.33 bits per heavy atom. The molecule has 0 saturated heterocycles. The van der Waals surface area contributed by atoms with E-state index in [4.69, 9.17) is 5.41 Å². The van der Waals surface area contributed by atoms with E-state index in [1.165, 1.54) is 5.57 Å². The molecule has 0 heterocycles. The van der Waals surface area contributed by atoms with E-state index in [0.717, 1.165) is 12.1 Å². The highest BCUT2D eigenvalue weighted by atomic mass is 15.3. The number of rotatable bonds is 1. The predicted octanol–water partition coefficient (Wildman–Crippen LogP) is 1.57. The summed E-state index contributed by atoms with van der Waals surface area (Å²) in [5, 5.41) is 11.7. The maximum atomic E-state index is 7.65. The Morgan fingerprint density at radius 3 is 2.92 bits per heavy atom. The van der Waals surface area contributed by atoms with Crippen molar-refractivity contribution in [2.24, 2.45) is 11.0 Å². The molecular weight excluding hydrogens is 150 g/mol. The fourth-order valence-corrected chi connectivity index (χ4v) is 1.24. The molecule has 3 heteroatoms. The van der Waals surface area contributed by atoms with Crippen LogP contribution in [-0.4, -0.2) is 18.5 Å². The highest BCUT2D eigenvalue weighted by Gasteiger charge is 2.17. The molecule has 0 aromatic carbocycles. The summed E-state index contributed by atoms with van der Waals surface area (Å²) in [6, 6.07) is 0. The van der Waals surface area contributed by atoms with Crippen LogP contribution in [0.5, 0.6) is 0 Å². The van der Waals surface area contributed by atoms with Gasteiger partial charge in [0.2, 0.25) is 0 Å². The SMILES string of the molecule is CN/N=C1/C=C(C)C(C)CC1=N. The average molecular weight is 165 g/mol. The zero-order valence-corrected chi connectivity index (χ0v) is 7.81. The van der Waals surface area contributed by atoms with E-state index in [-0.39, 0.29) is 0 Å². The van der Waals surface area contributed by atoms with Crippen LogP contribution in [0.3, 0.4) is 0 Å². The van der Waals surface area contributed by atoms with Crippen molar-refractivity contribution < 1.29 is 0 Å². The normalized spacial score (nSPS) is 27.2. The maximum absolute atomic E-state index is 7.65. The Bertz CT molecular complexity index is 250. The molecule has 1 unspecified atom stereocenters. The largest absolute Gasteiger partial charge is 0.313 e. The molecule has 66 valence electrons. The molecule has 1 atom stereocenters. The minimum atomic E-state index is 0.494. The third-order valence-electron chi connectivity index (χ3n) is 2.19. The van der Waals surface area contributed by atoms with Gasteiger partial charge in [0.25, 0.3) is 0 Å². The first-order valence-corrected chi connectivity index (χ1v) is 4.15. The summed E-state index contributed by atoms with van der Waals surface area (Å²) in [7, 11) is 1.75. The van der Waals surface area contributed by atoms with Crippen LogP contribution < -0.4 is 5.43 Å². The highest BCUT2D eigenvalue weighted by molar-refractivity contribution is 6.46. The van der Waals surface area contributed by atoms with Crippen LogP contribution in [0.2, 0.25) is 0 Å². The molecule has 0 spiro atoms. The van der Waals surface area contributed by atoms with Gasteiger partial charge in [0, 0.05) is 7.05 Å². The summed E-state index contributed by atoms with van der Waals surface area (Å²) < 4.78 is 0. The van der Waals surface area contributed by atoms with Gasteiger partial charge in [-0.05, 0) is 25.3 Å². The zero-order valence-electron chi connectivity index (χ0n) is 7.81. The second-order valence-corrected chi connectivity index (χ2v) is 3.19. The van der Waals surface area contributed by atoms with Crippen molar-refractivity contribution in [1.29, 1.82) is 5.41 Å². The summed E-state index contributed by atoms with van der Waals surface area (Å²) in [4.78, 5) is 0. The van der Waals surface area contributed by atoms with E-state index in [1.54, 1.807) is 7.05 Å². The molecule has 0 saturated carbocycles. The lowest BCUT2D eigenvalue weighted by Gasteiger charge is -2.19. The molecule has 0 bridgehead atoms. The van der Waals surface area contributed by atoms with E-state index in [1.807, 2.05) is 6.08 Å². The van der Waals surface area contributed by atoms with Gasteiger partial charge in [0.1, 0.15) is 5.71 Å². The van der Waals surface area contributed by atoms with Crippen LogP contribution in [0.1, 0.15) is 20.3 Å². The third-order valence-corrected chi connectivity index (χ3v) is 2.19. The van der Waals surface area contributed by atoms with E-state index >= 15 is 0 Å². The monoisotopic (exact) mass is 165 g/mol. The quantitative estimate of drug-likeness (QED) is 0.569. The molecule has 0 aliphatic heterocycles. The van der Waals surface area contributed by atoms with Crippen molar-refractivity contribution >= 4 is 11.4 Å². The van der Waals surface area contributed by atoms with Crippen LogP contribution in [0.4, 0.5) is 0 Å². The van der Waals surface area contributed by atoms with Crippen LogP contribution in [-0.2, 0) is 0 Å². The number of nitrogens with zero attached hydrogens (tertiary/aromatic N) is 1. The second-order valence-electron chi connectivity index (χ2n) is 3.19. The van der Waals surface area contributed by atoms with Crippen molar-refractivity contribution in [3.63, 3.8) is 0 Å². The van der Waals surface area contributed by atoms with Crippen LogP contribution in [0.25, 0.3) is 0 Å². The van der Waals surface area contributed by atoms with E-state index < -0.39 is 0 Å². The molecule has 2 N–H and O–H groups in total. The minimum Gasteiger partial charge on any atom is -0.313 e. The lowest BCUT2D eigenvalue weighted by molar-refractivity contribution is 0.710. The molecule has 0 aromatic rings. The standard InChI is InChI=1S/C9H15N3/c1-6-4-8(10)9(12-11-3)5-7(6)2/h5-6,10-11H,4H2,1-3H3/b10-8?,12-9-. The van der Waals surface area contributed by atoms with Crippen LogP contribution in [0, 0.1) is 11.3 Å². The fraction of sp³-hybridized carbons (Fsp3) is 0.556. The van der Waals surface area contributed by atoms with E-state index in [2.05, 4.69) is 24.4 Å². The Hall–Kier alpha value is -1.12. The molecule has 3 nitrogen and oxygen atoms in total. The van der Waals surface area contributed by atoms with E-state index in [9.17, 15) is 0 Å². The summed E-state index contributed by atoms with van der Waals surface area (Å²) >= 11 is 0. The number of hydrazone groups is 1. The summed E-state index contributed by atoms with van der Waals surface area (Å²) in [6.07, 6.45) is 2.79. The van der Waals surface area contributed by atoms with Crippen molar-refractivity contribution in [2.45, 2.75) is 20.3 Å². The average Bonchev–Trinajstić information content (AvgIpc) is 2.01. The molecule has 0 fully saturated rings. The van der Waals surface area contributed by atoms with Crippen LogP contribution in [0.15, 0.2) is 16.8 Å². The van der Waals surface area contributed by atoms with Crippen molar-refractivity contribution in [2.75, 3.05) is 7.05 Å². The first kappa shape index (κ1) is 8.97. The van der Waals surface area contributed by atoms with Gasteiger partial charge in [-0.2, -0.15) is 5.10 Å². The van der Waals surface area contributed by atoms with E-state index in [0.29, 0.717) is 11.6 Å². The Kier molecular flexibility index (Phi) is 2.63. The predicted molar refractivity (Wildman–Crippen MR) is 51.8 cm³/mol. The molecule has 0 radical (unpaired) electrons. The molecule has 12 heavy (non-hydrogen) atoms. The van der Waals surface area contributed by atoms with Gasteiger partial charge in [-0.3, -0.25) is 0 Å². The molecule has 0 aromatic heterocycles. The van der Waals surface area contributed by atoms with Gasteiger partial charge in [-0.1, -0.05) is 12.5 Å². The molecule has 1 aliphatic carbocycles. The Balaban J connectivity index is 2.91. The van der Waals surface area contributed by atoms with Gasteiger partial charge < -0.3 is 10.8 Å². The second kappa shape index (κ2) is 3.52. The molecule has 1 aliphatic rings. The summed E-state index contributed by atoms with van der Waals surface area (Å²) in [6.45, 7) is 4.22. The molecular formula is C9H15N3. The Labute approximate surface area is 73.1 Å². The first-order valence-electron chi connectivity index (χ1n) is 4.15.